The SMILES string of the molecule is O=C(c1n[nH]c2ccc([N+](=O)[O-])cc12)N(Cc1ccccn1)C1CCCNCC1. The second kappa shape index (κ2) is 8.36. The number of nitro groups is 1. The molecule has 0 bridgehead atoms. The quantitative estimate of drug-likeness (QED) is 0.507. The number of benzene rings is 1. The Kier molecular flexibility index (Phi) is 5.48. The Labute approximate surface area is 167 Å². The van der Waals surface area contributed by atoms with E-state index in [1.807, 2.05) is 23.1 Å². The van der Waals surface area contributed by atoms with Gasteiger partial charge in [0.1, 0.15) is 0 Å². The van der Waals surface area contributed by atoms with Crippen LogP contribution in [0.3, 0.4) is 0 Å². The van der Waals surface area contributed by atoms with E-state index in [0.717, 1.165) is 38.0 Å². The first-order chi connectivity index (χ1) is 14.1. The number of hydrogen-bond donors (Lipinski definition) is 2. The molecule has 0 saturated carbocycles. The molecule has 1 atom stereocenters. The molecule has 9 heteroatoms. The molecule has 29 heavy (non-hydrogen) atoms. The van der Waals surface area contributed by atoms with Gasteiger partial charge in [0.05, 0.1) is 22.7 Å². The van der Waals surface area contributed by atoms with Crippen molar-refractivity contribution in [3.05, 3.63) is 64.1 Å². The van der Waals surface area contributed by atoms with Crippen LogP contribution in [0.25, 0.3) is 10.9 Å². The van der Waals surface area contributed by atoms with Crippen LogP contribution >= 0.6 is 0 Å². The minimum absolute atomic E-state index is 0.0463. The van der Waals surface area contributed by atoms with Crippen LogP contribution in [-0.4, -0.2) is 50.0 Å². The van der Waals surface area contributed by atoms with Crippen molar-refractivity contribution in [2.75, 3.05) is 13.1 Å². The summed E-state index contributed by atoms with van der Waals surface area (Å²) in [4.78, 5) is 30.4. The molecule has 0 aliphatic carbocycles. The van der Waals surface area contributed by atoms with Crippen molar-refractivity contribution in [1.29, 1.82) is 0 Å². The summed E-state index contributed by atoms with van der Waals surface area (Å²) in [5.41, 5.74) is 1.53. The van der Waals surface area contributed by atoms with Crippen molar-refractivity contribution in [2.45, 2.75) is 31.8 Å². The van der Waals surface area contributed by atoms with Gasteiger partial charge in [-0.25, -0.2) is 0 Å². The second-order valence-corrected chi connectivity index (χ2v) is 7.15. The third kappa shape index (κ3) is 4.09. The number of hydrogen-bond acceptors (Lipinski definition) is 6. The summed E-state index contributed by atoms with van der Waals surface area (Å²) >= 11 is 0. The third-order valence-electron chi connectivity index (χ3n) is 5.27. The summed E-state index contributed by atoms with van der Waals surface area (Å²) in [7, 11) is 0. The number of nitrogens with one attached hydrogen (secondary N) is 2. The first-order valence-corrected chi connectivity index (χ1v) is 9.67. The van der Waals surface area contributed by atoms with Crippen LogP contribution in [0.5, 0.6) is 0 Å². The fourth-order valence-electron chi connectivity index (χ4n) is 3.76. The van der Waals surface area contributed by atoms with Gasteiger partial charge in [0.25, 0.3) is 11.6 Å². The lowest BCUT2D eigenvalue weighted by Gasteiger charge is -2.30. The Bertz CT molecular complexity index is 1010. The predicted octanol–water partition coefficient (Wildman–Crippen LogP) is 2.65. The first kappa shape index (κ1) is 19.0. The highest BCUT2D eigenvalue weighted by Crippen LogP contribution is 2.25. The van der Waals surface area contributed by atoms with E-state index < -0.39 is 4.92 Å². The summed E-state index contributed by atoms with van der Waals surface area (Å²) < 4.78 is 0. The van der Waals surface area contributed by atoms with Crippen molar-refractivity contribution < 1.29 is 9.72 Å². The molecule has 3 aromatic rings. The average Bonchev–Trinajstić information content (AvgIpc) is 2.97. The summed E-state index contributed by atoms with van der Waals surface area (Å²) in [5.74, 6) is -0.241. The Balaban J connectivity index is 1.71. The highest BCUT2D eigenvalue weighted by atomic mass is 16.6. The highest BCUT2D eigenvalue weighted by Gasteiger charge is 2.29. The van der Waals surface area contributed by atoms with Gasteiger partial charge in [-0.1, -0.05) is 6.07 Å². The molecule has 0 radical (unpaired) electrons. The number of aromatic amines is 1. The maximum atomic E-state index is 13.5. The number of nitrogens with zero attached hydrogens (tertiary/aromatic N) is 4. The van der Waals surface area contributed by atoms with Gasteiger partial charge >= 0.3 is 0 Å². The Morgan fingerprint density at radius 3 is 2.93 bits per heavy atom. The molecular weight excluding hydrogens is 372 g/mol. The number of carbonyl (C=O) groups is 1. The second-order valence-electron chi connectivity index (χ2n) is 7.15. The van der Waals surface area contributed by atoms with E-state index in [4.69, 9.17) is 0 Å². The van der Waals surface area contributed by atoms with Crippen molar-refractivity contribution >= 4 is 22.5 Å². The van der Waals surface area contributed by atoms with Gasteiger partial charge in [-0.3, -0.25) is 25.0 Å². The fourth-order valence-corrected chi connectivity index (χ4v) is 3.76. The number of H-pyrrole nitrogens is 1. The van der Waals surface area contributed by atoms with Crippen LogP contribution in [0.15, 0.2) is 42.6 Å². The maximum Gasteiger partial charge on any atom is 0.275 e. The van der Waals surface area contributed by atoms with Crippen LogP contribution < -0.4 is 5.32 Å². The van der Waals surface area contributed by atoms with Crippen molar-refractivity contribution in [3.8, 4) is 0 Å². The average molecular weight is 394 g/mol. The van der Waals surface area contributed by atoms with E-state index in [-0.39, 0.29) is 23.3 Å². The van der Waals surface area contributed by atoms with Crippen molar-refractivity contribution in [3.63, 3.8) is 0 Å². The number of pyridine rings is 1. The molecule has 9 nitrogen and oxygen atoms in total. The zero-order valence-corrected chi connectivity index (χ0v) is 15.9. The Hall–Kier alpha value is -3.33. The molecule has 1 fully saturated rings. The largest absolute Gasteiger partial charge is 0.328 e. The van der Waals surface area contributed by atoms with E-state index in [1.54, 1.807) is 12.3 Å². The molecule has 1 unspecified atom stereocenters. The van der Waals surface area contributed by atoms with Gasteiger partial charge in [-0.2, -0.15) is 5.10 Å². The van der Waals surface area contributed by atoms with Crippen LogP contribution in [0.1, 0.15) is 35.4 Å². The van der Waals surface area contributed by atoms with Crippen LogP contribution in [0, 0.1) is 10.1 Å². The Morgan fingerprint density at radius 2 is 2.14 bits per heavy atom. The van der Waals surface area contributed by atoms with Gasteiger partial charge in [0.15, 0.2) is 5.69 Å². The molecule has 2 N–H and O–H groups in total. The first-order valence-electron chi connectivity index (χ1n) is 9.67. The van der Waals surface area contributed by atoms with Gasteiger partial charge in [-0.05, 0) is 50.6 Å². The van der Waals surface area contributed by atoms with Crippen LogP contribution in [0.2, 0.25) is 0 Å². The zero-order valence-electron chi connectivity index (χ0n) is 15.9. The monoisotopic (exact) mass is 394 g/mol. The smallest absolute Gasteiger partial charge is 0.275 e. The number of amides is 1. The summed E-state index contributed by atoms with van der Waals surface area (Å²) in [6, 6.07) is 10.1. The molecule has 3 heterocycles. The molecule has 4 rings (SSSR count). The fraction of sp³-hybridized carbons (Fsp3) is 0.350. The predicted molar refractivity (Wildman–Crippen MR) is 107 cm³/mol. The van der Waals surface area contributed by atoms with Gasteiger partial charge in [0, 0.05) is 29.8 Å². The molecule has 1 aliphatic rings. The number of aromatic nitrogens is 3. The van der Waals surface area contributed by atoms with Gasteiger partial charge < -0.3 is 10.2 Å². The van der Waals surface area contributed by atoms with Gasteiger partial charge in [-0.15, -0.1) is 0 Å². The minimum Gasteiger partial charge on any atom is -0.328 e. The van der Waals surface area contributed by atoms with E-state index in [0.29, 0.717) is 17.4 Å². The highest BCUT2D eigenvalue weighted by molar-refractivity contribution is 6.05. The molecule has 1 amide bonds. The lowest BCUT2D eigenvalue weighted by molar-refractivity contribution is -0.384. The number of non-ortho nitro benzene ring substituents is 1. The van der Waals surface area contributed by atoms with Crippen LogP contribution in [0.4, 0.5) is 5.69 Å². The lowest BCUT2D eigenvalue weighted by atomic mass is 10.1. The number of nitro benzene ring substituents is 1. The van der Waals surface area contributed by atoms with E-state index in [9.17, 15) is 14.9 Å². The summed E-state index contributed by atoms with van der Waals surface area (Å²) in [6.07, 6.45) is 4.40. The maximum absolute atomic E-state index is 13.5. The third-order valence-corrected chi connectivity index (χ3v) is 5.27. The summed E-state index contributed by atoms with van der Waals surface area (Å²) in [5, 5.41) is 22.0. The molecule has 0 spiro atoms. The van der Waals surface area contributed by atoms with E-state index in [2.05, 4.69) is 20.5 Å². The van der Waals surface area contributed by atoms with Gasteiger partial charge in [0.2, 0.25) is 0 Å². The molecule has 150 valence electrons. The lowest BCUT2D eigenvalue weighted by Crippen LogP contribution is -2.40. The molecule has 2 aromatic heterocycles. The van der Waals surface area contributed by atoms with Crippen LogP contribution in [-0.2, 0) is 6.54 Å². The number of fused-ring (bicyclic) bond motifs is 1. The Morgan fingerprint density at radius 1 is 1.24 bits per heavy atom. The molecule has 1 saturated heterocycles. The van der Waals surface area contributed by atoms with Crippen molar-refractivity contribution in [2.24, 2.45) is 0 Å². The standard InChI is InChI=1S/C20H22N6O3/c27-20(19-17-12-16(26(28)29)6-7-18(17)23-24-19)25(13-14-4-1-2-10-22-14)15-5-3-9-21-11-8-15/h1-2,4,6-7,10,12,15,21H,3,5,8-9,11,13H2,(H,23,24). The van der Waals surface area contributed by atoms with E-state index >= 15 is 0 Å². The molecule has 1 aromatic carbocycles. The van der Waals surface area contributed by atoms with E-state index in [1.165, 1.54) is 12.1 Å². The number of rotatable bonds is 5. The zero-order chi connectivity index (χ0) is 20.2. The number of carbonyl (C=O) groups excluding carboxylic acids is 1. The minimum atomic E-state index is -0.469. The molecule has 1 aliphatic heterocycles. The molecular formula is C20H22N6O3. The summed E-state index contributed by atoms with van der Waals surface area (Å²) in [6.45, 7) is 2.14. The normalized spacial score (nSPS) is 17.0. The van der Waals surface area contributed by atoms with Crippen molar-refractivity contribution in [1.82, 2.24) is 25.4 Å². The topological polar surface area (TPSA) is 117 Å².